The highest BCUT2D eigenvalue weighted by Gasteiger charge is 2.09. The molecule has 0 saturated carbocycles. The molecule has 0 aromatic heterocycles. The third kappa shape index (κ3) is 5.01. The molecule has 1 aromatic carbocycles. The van der Waals surface area contributed by atoms with Gasteiger partial charge >= 0.3 is 0 Å². The Morgan fingerprint density at radius 3 is 1.79 bits per heavy atom. The van der Waals surface area contributed by atoms with E-state index >= 15 is 0 Å². The summed E-state index contributed by atoms with van der Waals surface area (Å²) in [6, 6.07) is 4.71. The number of aryl methyl sites for hydroxylation is 2. The van der Waals surface area contributed by atoms with Gasteiger partial charge in [0.05, 0.1) is 0 Å². The molecule has 1 aromatic rings. The highest BCUT2D eigenvalue weighted by atomic mass is 14.1. The van der Waals surface area contributed by atoms with Crippen molar-refractivity contribution in [1.29, 1.82) is 0 Å². The molecule has 0 amide bonds. The van der Waals surface area contributed by atoms with Gasteiger partial charge in [-0.2, -0.15) is 0 Å². The molecule has 19 heavy (non-hydrogen) atoms. The maximum Gasteiger partial charge on any atom is -0.0232 e. The molecule has 0 unspecified atom stereocenters. The van der Waals surface area contributed by atoms with Crippen molar-refractivity contribution in [3.63, 3.8) is 0 Å². The van der Waals surface area contributed by atoms with Crippen LogP contribution in [0.2, 0.25) is 0 Å². The van der Waals surface area contributed by atoms with Crippen molar-refractivity contribution in [2.24, 2.45) is 0 Å². The standard InChI is InChI=1S/C19H31/c1-5-8-11-17-14-15-18(12-9-6-2)19(16(17)4)13-10-7-3/h14-15H,4-13H2,1-3H3. The quantitative estimate of drug-likeness (QED) is 0.518. The van der Waals surface area contributed by atoms with E-state index < -0.39 is 0 Å². The molecule has 1 rings (SSSR count). The molecule has 1 radical (unpaired) electrons. The van der Waals surface area contributed by atoms with Crippen LogP contribution in [0.3, 0.4) is 0 Å². The normalized spacial score (nSPS) is 10.9. The molecule has 0 aliphatic heterocycles. The second-order valence-electron chi connectivity index (χ2n) is 5.65. The van der Waals surface area contributed by atoms with Crippen LogP contribution < -0.4 is 0 Å². The van der Waals surface area contributed by atoms with Gasteiger partial charge in [-0.3, -0.25) is 0 Å². The highest BCUT2D eigenvalue weighted by molar-refractivity contribution is 5.43. The summed E-state index contributed by atoms with van der Waals surface area (Å²) in [4.78, 5) is 0. The lowest BCUT2D eigenvalue weighted by molar-refractivity contribution is 0.748. The van der Waals surface area contributed by atoms with Crippen molar-refractivity contribution < 1.29 is 0 Å². The van der Waals surface area contributed by atoms with Gasteiger partial charge in [0.15, 0.2) is 0 Å². The lowest BCUT2D eigenvalue weighted by atomic mass is 9.89. The van der Waals surface area contributed by atoms with Gasteiger partial charge in [0.1, 0.15) is 0 Å². The molecule has 0 heteroatoms. The van der Waals surface area contributed by atoms with Gasteiger partial charge < -0.3 is 0 Å². The fourth-order valence-corrected chi connectivity index (χ4v) is 2.66. The average molecular weight is 259 g/mol. The fraction of sp³-hybridized carbons (Fsp3) is 0.632. The third-order valence-corrected chi connectivity index (χ3v) is 4.00. The Labute approximate surface area is 120 Å². The number of benzene rings is 1. The Morgan fingerprint density at radius 1 is 0.737 bits per heavy atom. The van der Waals surface area contributed by atoms with Gasteiger partial charge in [-0.25, -0.2) is 0 Å². The summed E-state index contributed by atoms with van der Waals surface area (Å²) in [6.07, 6.45) is 11.3. The van der Waals surface area contributed by atoms with E-state index in [0.29, 0.717) is 0 Å². The number of unbranched alkanes of at least 4 members (excludes halogenated alkanes) is 3. The minimum absolute atomic E-state index is 1.20. The van der Waals surface area contributed by atoms with E-state index in [1.54, 1.807) is 11.1 Å². The van der Waals surface area contributed by atoms with E-state index in [4.69, 9.17) is 0 Å². The molecule has 0 atom stereocenters. The molecule has 0 saturated heterocycles. The van der Waals surface area contributed by atoms with E-state index in [9.17, 15) is 0 Å². The minimum atomic E-state index is 1.20. The second-order valence-corrected chi connectivity index (χ2v) is 5.65. The van der Waals surface area contributed by atoms with Crippen molar-refractivity contribution in [3.8, 4) is 0 Å². The van der Waals surface area contributed by atoms with Crippen LogP contribution in [-0.2, 0) is 19.3 Å². The van der Waals surface area contributed by atoms with Crippen LogP contribution in [0, 0.1) is 6.92 Å². The zero-order chi connectivity index (χ0) is 14.1. The van der Waals surface area contributed by atoms with Crippen LogP contribution in [0.5, 0.6) is 0 Å². The summed E-state index contributed by atoms with van der Waals surface area (Å²) >= 11 is 0. The largest absolute Gasteiger partial charge is 0.0654 e. The molecular weight excluding hydrogens is 228 g/mol. The van der Waals surface area contributed by atoms with Crippen molar-refractivity contribution >= 4 is 0 Å². The van der Waals surface area contributed by atoms with Crippen molar-refractivity contribution in [2.45, 2.75) is 78.6 Å². The molecule has 0 aliphatic rings. The van der Waals surface area contributed by atoms with E-state index in [1.165, 1.54) is 68.9 Å². The first-order valence-electron chi connectivity index (χ1n) is 8.20. The zero-order valence-corrected chi connectivity index (χ0v) is 13.2. The zero-order valence-electron chi connectivity index (χ0n) is 13.2. The first-order chi connectivity index (χ1) is 9.24. The van der Waals surface area contributed by atoms with E-state index in [-0.39, 0.29) is 0 Å². The number of hydrogen-bond acceptors (Lipinski definition) is 0. The summed E-state index contributed by atoms with van der Waals surface area (Å²) in [5.74, 6) is 0. The summed E-state index contributed by atoms with van der Waals surface area (Å²) < 4.78 is 0. The fourth-order valence-electron chi connectivity index (χ4n) is 2.66. The van der Waals surface area contributed by atoms with Crippen molar-refractivity contribution in [2.75, 3.05) is 0 Å². The topological polar surface area (TPSA) is 0 Å². The third-order valence-electron chi connectivity index (χ3n) is 4.00. The molecule has 0 nitrogen and oxygen atoms in total. The van der Waals surface area contributed by atoms with E-state index in [0.717, 1.165) is 0 Å². The van der Waals surface area contributed by atoms with Crippen LogP contribution in [0.1, 0.15) is 81.5 Å². The maximum absolute atomic E-state index is 4.40. The van der Waals surface area contributed by atoms with Crippen molar-refractivity contribution in [3.05, 3.63) is 41.3 Å². The summed E-state index contributed by atoms with van der Waals surface area (Å²) in [5.41, 5.74) is 5.94. The summed E-state index contributed by atoms with van der Waals surface area (Å²) in [7, 11) is 0. The Bertz CT molecular complexity index is 363. The van der Waals surface area contributed by atoms with E-state index in [1.807, 2.05) is 0 Å². The van der Waals surface area contributed by atoms with Crippen LogP contribution in [-0.4, -0.2) is 0 Å². The van der Waals surface area contributed by atoms with Crippen LogP contribution in [0.25, 0.3) is 0 Å². The van der Waals surface area contributed by atoms with Crippen LogP contribution in [0.4, 0.5) is 0 Å². The monoisotopic (exact) mass is 259 g/mol. The van der Waals surface area contributed by atoms with Gasteiger partial charge in [-0.05, 0) is 67.7 Å². The lowest BCUT2D eigenvalue weighted by Gasteiger charge is -2.16. The van der Waals surface area contributed by atoms with E-state index in [2.05, 4.69) is 39.8 Å². The van der Waals surface area contributed by atoms with Gasteiger partial charge in [-0.1, -0.05) is 52.2 Å². The molecular formula is C19H31. The SMILES string of the molecule is [CH2]c1c(CCCC)ccc(CCCC)c1CCCC. The molecule has 0 bridgehead atoms. The molecule has 0 heterocycles. The first-order valence-corrected chi connectivity index (χ1v) is 8.20. The van der Waals surface area contributed by atoms with Gasteiger partial charge in [0.2, 0.25) is 0 Å². The highest BCUT2D eigenvalue weighted by Crippen LogP contribution is 2.24. The Kier molecular flexibility index (Phi) is 7.86. The van der Waals surface area contributed by atoms with Crippen LogP contribution >= 0.6 is 0 Å². The predicted octanol–water partition coefficient (Wildman–Crippen LogP) is 5.90. The smallest absolute Gasteiger partial charge is 0.0232 e. The summed E-state index contributed by atoms with van der Waals surface area (Å²) in [6.45, 7) is 11.2. The molecule has 107 valence electrons. The Hall–Kier alpha value is -0.780. The van der Waals surface area contributed by atoms with Gasteiger partial charge in [0.25, 0.3) is 0 Å². The average Bonchev–Trinajstić information content (AvgIpc) is 2.43. The minimum Gasteiger partial charge on any atom is -0.0654 e. The molecule has 0 aliphatic carbocycles. The Morgan fingerprint density at radius 2 is 1.21 bits per heavy atom. The lowest BCUT2D eigenvalue weighted by Crippen LogP contribution is -2.02. The van der Waals surface area contributed by atoms with Crippen molar-refractivity contribution in [1.82, 2.24) is 0 Å². The Balaban J connectivity index is 2.94. The first kappa shape index (κ1) is 16.3. The summed E-state index contributed by atoms with van der Waals surface area (Å²) in [5, 5.41) is 0. The number of rotatable bonds is 9. The maximum atomic E-state index is 4.40. The van der Waals surface area contributed by atoms with Gasteiger partial charge in [0, 0.05) is 0 Å². The number of hydrogen-bond donors (Lipinski definition) is 0. The second kappa shape index (κ2) is 9.18. The molecule has 0 spiro atoms. The predicted molar refractivity (Wildman–Crippen MR) is 86.7 cm³/mol. The van der Waals surface area contributed by atoms with Crippen LogP contribution in [0.15, 0.2) is 12.1 Å². The molecule has 0 fully saturated rings. The van der Waals surface area contributed by atoms with Gasteiger partial charge in [-0.15, -0.1) is 0 Å². The molecule has 0 N–H and O–H groups in total.